The molecule has 0 radical (unpaired) electrons. The summed E-state index contributed by atoms with van der Waals surface area (Å²) in [6.45, 7) is 7.37. The highest BCUT2D eigenvalue weighted by Crippen LogP contribution is 2.41. The number of carbonyl (C=O) groups is 1. The molecule has 0 unspecified atom stereocenters. The lowest BCUT2D eigenvalue weighted by Crippen LogP contribution is -2.27. The molecule has 38 heavy (non-hydrogen) atoms. The SMILES string of the molecule is CCOC(=O)c1ccc2c3ncc(-c4c(C)noc4C)cc3n([C@@H](c3ccccc3)C3CCOCC3)c2n1. The first-order chi connectivity index (χ1) is 18.6. The first kappa shape index (κ1) is 24.3. The number of hydrogen-bond donors (Lipinski definition) is 0. The summed E-state index contributed by atoms with van der Waals surface area (Å²) in [4.78, 5) is 22.5. The van der Waals surface area contributed by atoms with Crippen LogP contribution in [0.15, 0.2) is 59.3 Å². The van der Waals surface area contributed by atoms with Crippen LogP contribution in [-0.4, -0.2) is 45.5 Å². The summed E-state index contributed by atoms with van der Waals surface area (Å²) >= 11 is 0. The molecule has 194 valence electrons. The molecule has 0 amide bonds. The summed E-state index contributed by atoms with van der Waals surface area (Å²) in [6, 6.07) is 16.3. The Kier molecular flexibility index (Phi) is 6.41. The molecule has 0 saturated carbocycles. The molecule has 0 aliphatic carbocycles. The van der Waals surface area contributed by atoms with Crippen molar-refractivity contribution in [2.45, 2.75) is 39.7 Å². The molecule has 1 saturated heterocycles. The second-order valence-electron chi connectivity index (χ2n) is 9.75. The number of carbonyl (C=O) groups excluding carboxylic acids is 1. The number of pyridine rings is 2. The first-order valence-electron chi connectivity index (χ1n) is 13.1. The van der Waals surface area contributed by atoms with Gasteiger partial charge >= 0.3 is 5.97 Å². The Morgan fingerprint density at radius 2 is 1.92 bits per heavy atom. The fraction of sp³-hybridized carbons (Fsp3) is 0.333. The van der Waals surface area contributed by atoms with Gasteiger partial charge in [0, 0.05) is 35.9 Å². The van der Waals surface area contributed by atoms with E-state index in [2.05, 4.69) is 40.1 Å². The summed E-state index contributed by atoms with van der Waals surface area (Å²) in [7, 11) is 0. The highest BCUT2D eigenvalue weighted by Gasteiger charge is 2.31. The second kappa shape index (κ2) is 10.0. The molecule has 1 atom stereocenters. The largest absolute Gasteiger partial charge is 0.461 e. The smallest absolute Gasteiger partial charge is 0.356 e. The molecule has 6 rings (SSSR count). The Bertz CT molecular complexity index is 1600. The molecular weight excluding hydrogens is 480 g/mol. The van der Waals surface area contributed by atoms with Crippen molar-refractivity contribution in [2.24, 2.45) is 5.92 Å². The minimum absolute atomic E-state index is 0.0215. The average molecular weight is 511 g/mol. The van der Waals surface area contributed by atoms with Crippen molar-refractivity contribution < 1.29 is 18.8 Å². The number of nitrogens with zero attached hydrogens (tertiary/aromatic N) is 4. The summed E-state index contributed by atoms with van der Waals surface area (Å²) in [5, 5.41) is 5.05. The van der Waals surface area contributed by atoms with Crippen molar-refractivity contribution in [1.82, 2.24) is 19.7 Å². The van der Waals surface area contributed by atoms with E-state index >= 15 is 0 Å². The van der Waals surface area contributed by atoms with Crippen molar-refractivity contribution in [3.05, 3.63) is 77.4 Å². The Morgan fingerprint density at radius 1 is 1.13 bits per heavy atom. The summed E-state index contributed by atoms with van der Waals surface area (Å²) in [6.07, 6.45) is 3.72. The van der Waals surface area contributed by atoms with Crippen LogP contribution in [0.1, 0.15) is 53.3 Å². The Labute approximate surface area is 220 Å². The van der Waals surface area contributed by atoms with Crippen LogP contribution < -0.4 is 0 Å². The van der Waals surface area contributed by atoms with E-state index in [1.165, 1.54) is 5.56 Å². The normalized spacial score (nSPS) is 15.2. The molecular formula is C30H30N4O4. The first-order valence-corrected chi connectivity index (χ1v) is 13.1. The maximum absolute atomic E-state index is 12.7. The fourth-order valence-electron chi connectivity index (χ4n) is 5.72. The average Bonchev–Trinajstić information content (AvgIpc) is 3.45. The predicted molar refractivity (Wildman–Crippen MR) is 144 cm³/mol. The van der Waals surface area contributed by atoms with Gasteiger partial charge in [0.15, 0.2) is 5.69 Å². The highest BCUT2D eigenvalue weighted by atomic mass is 16.5. The van der Waals surface area contributed by atoms with Crippen LogP contribution >= 0.6 is 0 Å². The van der Waals surface area contributed by atoms with Gasteiger partial charge in [-0.25, -0.2) is 9.78 Å². The molecule has 8 heteroatoms. The van der Waals surface area contributed by atoms with E-state index in [9.17, 15) is 4.79 Å². The fourth-order valence-corrected chi connectivity index (χ4v) is 5.72. The zero-order chi connectivity index (χ0) is 26.2. The van der Waals surface area contributed by atoms with Gasteiger partial charge in [0.05, 0.1) is 29.4 Å². The third kappa shape index (κ3) is 4.15. The maximum Gasteiger partial charge on any atom is 0.356 e. The summed E-state index contributed by atoms with van der Waals surface area (Å²) < 4.78 is 18.8. The molecule has 0 bridgehead atoms. The standard InChI is InChI=1S/C30H30N4O4/c1-4-37-30(35)24-11-10-23-27-25(16-22(17-31-27)26-18(2)33-38-19(26)3)34(29(23)32-24)28(20-8-6-5-7-9-20)21-12-14-36-15-13-21/h5-11,16-17,21,28H,4,12-15H2,1-3H3/t28-/m0/s1. The Hall–Kier alpha value is -4.04. The molecule has 8 nitrogen and oxygen atoms in total. The van der Waals surface area contributed by atoms with Crippen LogP contribution in [0.2, 0.25) is 0 Å². The van der Waals surface area contributed by atoms with Crippen LogP contribution in [-0.2, 0) is 9.47 Å². The molecule has 1 aromatic carbocycles. The zero-order valence-electron chi connectivity index (χ0n) is 21.8. The molecule has 1 aliphatic rings. The van der Waals surface area contributed by atoms with Crippen LogP contribution in [0.3, 0.4) is 0 Å². The van der Waals surface area contributed by atoms with Crippen molar-refractivity contribution in [3.63, 3.8) is 0 Å². The lowest BCUT2D eigenvalue weighted by molar-refractivity contribution is 0.0519. The summed E-state index contributed by atoms with van der Waals surface area (Å²) in [5.41, 5.74) is 6.67. The van der Waals surface area contributed by atoms with Crippen LogP contribution in [0.4, 0.5) is 0 Å². The number of rotatable bonds is 6. The van der Waals surface area contributed by atoms with Crippen molar-refractivity contribution in [3.8, 4) is 11.1 Å². The van der Waals surface area contributed by atoms with E-state index in [0.29, 0.717) is 18.2 Å². The van der Waals surface area contributed by atoms with E-state index in [1.54, 1.807) is 13.0 Å². The maximum atomic E-state index is 12.7. The third-order valence-corrected chi connectivity index (χ3v) is 7.42. The predicted octanol–water partition coefficient (Wildman–Crippen LogP) is 6.05. The van der Waals surface area contributed by atoms with Gasteiger partial charge in [-0.2, -0.15) is 0 Å². The van der Waals surface area contributed by atoms with Gasteiger partial charge in [0.1, 0.15) is 11.4 Å². The van der Waals surface area contributed by atoms with E-state index < -0.39 is 5.97 Å². The van der Waals surface area contributed by atoms with Crippen molar-refractivity contribution >= 4 is 28.0 Å². The van der Waals surface area contributed by atoms with Gasteiger partial charge < -0.3 is 18.6 Å². The number of esters is 1. The molecule has 4 aromatic heterocycles. The van der Waals surface area contributed by atoms with Gasteiger partial charge in [-0.1, -0.05) is 35.5 Å². The number of hydrogen-bond acceptors (Lipinski definition) is 7. The molecule has 0 N–H and O–H groups in total. The van der Waals surface area contributed by atoms with E-state index in [1.807, 2.05) is 32.2 Å². The third-order valence-electron chi connectivity index (χ3n) is 7.42. The van der Waals surface area contributed by atoms with Crippen molar-refractivity contribution in [2.75, 3.05) is 19.8 Å². The number of aromatic nitrogens is 4. The Balaban J connectivity index is 1.67. The molecule has 1 aliphatic heterocycles. The lowest BCUT2D eigenvalue weighted by Gasteiger charge is -2.32. The quantitative estimate of drug-likeness (QED) is 0.257. The van der Waals surface area contributed by atoms with Gasteiger partial charge in [-0.05, 0) is 63.3 Å². The molecule has 5 aromatic rings. The topological polar surface area (TPSA) is 92.3 Å². The minimum Gasteiger partial charge on any atom is -0.461 e. The monoisotopic (exact) mass is 510 g/mol. The van der Waals surface area contributed by atoms with Gasteiger partial charge in [0.2, 0.25) is 0 Å². The molecule has 5 heterocycles. The zero-order valence-corrected chi connectivity index (χ0v) is 21.8. The van der Waals surface area contributed by atoms with Gasteiger partial charge in [-0.3, -0.25) is 4.98 Å². The number of fused-ring (bicyclic) bond motifs is 3. The lowest BCUT2D eigenvalue weighted by atomic mass is 9.86. The summed E-state index contributed by atoms with van der Waals surface area (Å²) in [5.74, 6) is 0.636. The van der Waals surface area contributed by atoms with Gasteiger partial charge in [-0.15, -0.1) is 0 Å². The van der Waals surface area contributed by atoms with Gasteiger partial charge in [0.25, 0.3) is 0 Å². The van der Waals surface area contributed by atoms with Crippen LogP contribution in [0.25, 0.3) is 33.2 Å². The number of ether oxygens (including phenoxy) is 2. The van der Waals surface area contributed by atoms with Crippen LogP contribution in [0, 0.1) is 19.8 Å². The van der Waals surface area contributed by atoms with Crippen molar-refractivity contribution in [1.29, 1.82) is 0 Å². The number of aryl methyl sites for hydroxylation is 2. The molecule has 1 fully saturated rings. The van der Waals surface area contributed by atoms with E-state index in [-0.39, 0.29) is 11.7 Å². The second-order valence-corrected chi connectivity index (χ2v) is 9.75. The number of benzene rings is 1. The Morgan fingerprint density at radius 3 is 2.63 bits per heavy atom. The minimum atomic E-state index is -0.432. The van der Waals surface area contributed by atoms with Crippen LogP contribution in [0.5, 0.6) is 0 Å². The van der Waals surface area contributed by atoms with E-state index in [0.717, 1.165) is 65.1 Å². The molecule has 0 spiro atoms. The van der Waals surface area contributed by atoms with E-state index in [4.69, 9.17) is 24.0 Å². The highest BCUT2D eigenvalue weighted by molar-refractivity contribution is 6.06.